The van der Waals surface area contributed by atoms with Crippen LogP contribution in [0.3, 0.4) is 0 Å². The Labute approximate surface area is 187 Å². The topological polar surface area (TPSA) is 89.4 Å². The van der Waals surface area contributed by atoms with Crippen LogP contribution in [0.25, 0.3) is 16.7 Å². The monoisotopic (exact) mass is 435 g/mol. The number of likely N-dealkylation sites (tertiary alicyclic amines) is 1. The van der Waals surface area contributed by atoms with Gasteiger partial charge in [-0.1, -0.05) is 13.3 Å². The molecule has 0 radical (unpaired) electrons. The number of nitrogens with zero attached hydrogens (tertiary/aromatic N) is 4. The van der Waals surface area contributed by atoms with Crippen molar-refractivity contribution in [3.8, 4) is 5.69 Å². The second-order valence-corrected chi connectivity index (χ2v) is 8.50. The summed E-state index contributed by atoms with van der Waals surface area (Å²) < 4.78 is 7.00. The Balaban J connectivity index is 1.55. The number of fused-ring (bicyclic) bond motifs is 1. The Morgan fingerprint density at radius 2 is 2.09 bits per heavy atom. The zero-order valence-corrected chi connectivity index (χ0v) is 18.7. The summed E-state index contributed by atoms with van der Waals surface area (Å²) in [6.45, 7) is 7.39. The first-order valence-corrected chi connectivity index (χ1v) is 11.1. The Bertz CT molecular complexity index is 1120. The molecule has 1 atom stereocenters. The predicted octanol–water partition coefficient (Wildman–Crippen LogP) is 4.64. The van der Waals surface area contributed by atoms with Gasteiger partial charge in [-0.15, -0.1) is 0 Å². The van der Waals surface area contributed by atoms with Crippen LogP contribution in [0.15, 0.2) is 43.0 Å². The summed E-state index contributed by atoms with van der Waals surface area (Å²) >= 11 is 0. The van der Waals surface area contributed by atoms with Crippen molar-refractivity contribution < 1.29 is 14.3 Å². The first kappa shape index (κ1) is 21.8. The van der Waals surface area contributed by atoms with Crippen LogP contribution in [0.5, 0.6) is 0 Å². The number of nitrogens with one attached hydrogen (secondary N) is 1. The average molecular weight is 436 g/mol. The van der Waals surface area contributed by atoms with Gasteiger partial charge in [-0.3, -0.25) is 19.7 Å². The van der Waals surface area contributed by atoms with Crippen LogP contribution < -0.4 is 5.32 Å². The van der Waals surface area contributed by atoms with Crippen molar-refractivity contribution in [1.82, 2.24) is 19.4 Å². The van der Waals surface area contributed by atoms with Gasteiger partial charge in [0.1, 0.15) is 5.65 Å². The molecular weight excluding hydrogens is 406 g/mol. The average Bonchev–Trinajstić information content (AvgIpc) is 3.21. The first-order valence-electron chi connectivity index (χ1n) is 11.1. The third kappa shape index (κ3) is 4.74. The van der Waals surface area contributed by atoms with E-state index in [-0.39, 0.29) is 12.0 Å². The largest absolute Gasteiger partial charge is 0.447 e. The molecule has 3 aromatic heterocycles. The third-order valence-corrected chi connectivity index (χ3v) is 5.75. The lowest BCUT2D eigenvalue weighted by atomic mass is 9.95. The summed E-state index contributed by atoms with van der Waals surface area (Å²) in [6, 6.07) is 5.62. The Morgan fingerprint density at radius 1 is 1.25 bits per heavy atom. The van der Waals surface area contributed by atoms with Crippen LogP contribution in [-0.4, -0.2) is 50.6 Å². The fourth-order valence-corrected chi connectivity index (χ4v) is 4.10. The fraction of sp³-hybridized carbons (Fsp3) is 0.417. The Kier molecular flexibility index (Phi) is 6.39. The van der Waals surface area contributed by atoms with Gasteiger partial charge >= 0.3 is 6.09 Å². The second-order valence-electron chi connectivity index (χ2n) is 8.50. The quantitative estimate of drug-likeness (QED) is 0.631. The predicted molar refractivity (Wildman–Crippen MR) is 123 cm³/mol. The molecule has 1 aliphatic heterocycles. The van der Waals surface area contributed by atoms with Crippen LogP contribution in [0, 0.1) is 5.92 Å². The molecule has 0 aromatic carbocycles. The number of rotatable bonds is 5. The van der Waals surface area contributed by atoms with Crippen LogP contribution in [0.1, 0.15) is 50.4 Å². The van der Waals surface area contributed by atoms with E-state index in [1.54, 1.807) is 38.5 Å². The molecule has 1 fully saturated rings. The number of amides is 2. The van der Waals surface area contributed by atoms with Crippen LogP contribution >= 0.6 is 0 Å². The summed E-state index contributed by atoms with van der Waals surface area (Å²) in [5.41, 5.74) is 2.60. The Hall–Kier alpha value is -3.42. The molecule has 0 aliphatic carbocycles. The lowest BCUT2D eigenvalue weighted by Crippen LogP contribution is -2.39. The molecule has 8 nitrogen and oxygen atoms in total. The van der Waals surface area contributed by atoms with Gasteiger partial charge in [0.15, 0.2) is 0 Å². The molecule has 0 bridgehead atoms. The summed E-state index contributed by atoms with van der Waals surface area (Å²) in [7, 11) is 0. The third-order valence-electron chi connectivity index (χ3n) is 5.75. The molecule has 0 spiro atoms. The van der Waals surface area contributed by atoms with E-state index in [2.05, 4.69) is 22.2 Å². The van der Waals surface area contributed by atoms with Gasteiger partial charge in [0.25, 0.3) is 5.91 Å². The zero-order valence-electron chi connectivity index (χ0n) is 18.7. The molecule has 8 heteroatoms. The number of ether oxygens (including phenoxy) is 1. The zero-order chi connectivity index (χ0) is 22.7. The number of pyridine rings is 2. The second kappa shape index (κ2) is 9.38. The van der Waals surface area contributed by atoms with Crippen molar-refractivity contribution in [2.75, 3.05) is 18.4 Å². The van der Waals surface area contributed by atoms with Gasteiger partial charge in [0.05, 0.1) is 35.4 Å². The summed E-state index contributed by atoms with van der Waals surface area (Å²) in [5, 5.41) is 3.56. The highest BCUT2D eigenvalue weighted by Gasteiger charge is 2.24. The number of hydrogen-bond acceptors (Lipinski definition) is 5. The van der Waals surface area contributed by atoms with E-state index in [1.807, 2.05) is 27.8 Å². The van der Waals surface area contributed by atoms with Crippen LogP contribution in [0.2, 0.25) is 0 Å². The van der Waals surface area contributed by atoms with E-state index in [4.69, 9.17) is 4.74 Å². The number of hydrogen-bond donors (Lipinski definition) is 1. The van der Waals surface area contributed by atoms with E-state index in [0.717, 1.165) is 42.7 Å². The number of anilines is 1. The van der Waals surface area contributed by atoms with E-state index in [9.17, 15) is 9.59 Å². The van der Waals surface area contributed by atoms with Crippen LogP contribution in [0.4, 0.5) is 10.5 Å². The summed E-state index contributed by atoms with van der Waals surface area (Å²) in [6.07, 6.45) is 9.39. The smallest absolute Gasteiger partial charge is 0.411 e. The lowest BCUT2D eigenvalue weighted by Gasteiger charge is -2.32. The maximum atomic E-state index is 13.0. The van der Waals surface area contributed by atoms with E-state index in [1.165, 1.54) is 6.42 Å². The van der Waals surface area contributed by atoms with Crippen molar-refractivity contribution in [2.45, 2.75) is 46.1 Å². The van der Waals surface area contributed by atoms with Crippen LogP contribution in [-0.2, 0) is 4.74 Å². The molecule has 168 valence electrons. The highest BCUT2D eigenvalue weighted by atomic mass is 16.6. The van der Waals surface area contributed by atoms with Gasteiger partial charge < -0.3 is 9.64 Å². The SMILES string of the molecule is CC[C@@H]1CCCN(C(=O)c2cnc3c(ccn3-c3cncc(NC(=O)OC(C)C)c3)c2)C1. The standard InChI is InChI=1S/C24H29N5O3/c1-4-17-6-5-8-28(15-17)23(30)19-10-18-7-9-29(22(18)26-12-19)21-11-20(13-25-14-21)27-24(31)32-16(2)3/h7,9-14,16-17H,4-6,8,15H2,1-3H3,(H,27,31)/t17-/m1/s1. The molecule has 4 rings (SSSR count). The molecule has 1 N–H and O–H groups in total. The highest BCUT2D eigenvalue weighted by Crippen LogP contribution is 2.24. The van der Waals surface area contributed by atoms with Gasteiger partial charge in [-0.25, -0.2) is 9.78 Å². The van der Waals surface area contributed by atoms with Crippen molar-refractivity contribution in [2.24, 2.45) is 5.92 Å². The van der Waals surface area contributed by atoms with E-state index in [0.29, 0.717) is 17.2 Å². The molecule has 4 heterocycles. The molecule has 0 unspecified atom stereocenters. The number of piperidine rings is 1. The number of carbonyl (C=O) groups is 2. The first-order chi connectivity index (χ1) is 15.4. The minimum Gasteiger partial charge on any atom is -0.447 e. The summed E-state index contributed by atoms with van der Waals surface area (Å²) in [4.78, 5) is 35.7. The summed E-state index contributed by atoms with van der Waals surface area (Å²) in [5.74, 6) is 0.624. The number of carbonyl (C=O) groups excluding carboxylic acids is 2. The molecular formula is C24H29N5O3. The van der Waals surface area contributed by atoms with E-state index >= 15 is 0 Å². The van der Waals surface area contributed by atoms with Gasteiger partial charge in [0, 0.05) is 30.9 Å². The highest BCUT2D eigenvalue weighted by molar-refractivity contribution is 5.97. The molecule has 0 saturated carbocycles. The lowest BCUT2D eigenvalue weighted by molar-refractivity contribution is 0.0671. The maximum Gasteiger partial charge on any atom is 0.411 e. The molecule has 3 aromatic rings. The molecule has 1 saturated heterocycles. The molecule has 1 aliphatic rings. The number of aromatic nitrogens is 3. The minimum atomic E-state index is -0.527. The van der Waals surface area contributed by atoms with E-state index < -0.39 is 6.09 Å². The van der Waals surface area contributed by atoms with Gasteiger partial charge in [0.2, 0.25) is 0 Å². The van der Waals surface area contributed by atoms with Crippen molar-refractivity contribution >= 4 is 28.7 Å². The molecule has 2 amide bonds. The van der Waals surface area contributed by atoms with Crippen molar-refractivity contribution in [3.63, 3.8) is 0 Å². The molecule has 32 heavy (non-hydrogen) atoms. The maximum absolute atomic E-state index is 13.0. The van der Waals surface area contributed by atoms with Crippen molar-refractivity contribution in [3.05, 3.63) is 48.5 Å². The Morgan fingerprint density at radius 3 is 2.88 bits per heavy atom. The fourth-order valence-electron chi connectivity index (χ4n) is 4.10. The normalized spacial score (nSPS) is 16.4. The van der Waals surface area contributed by atoms with Gasteiger partial charge in [-0.2, -0.15) is 0 Å². The van der Waals surface area contributed by atoms with Gasteiger partial charge in [-0.05, 0) is 50.8 Å². The van der Waals surface area contributed by atoms with Crippen molar-refractivity contribution in [1.29, 1.82) is 0 Å². The minimum absolute atomic E-state index is 0.0434.